The molecule has 2 aromatic rings. The molecule has 7 heteroatoms. The molecule has 1 aliphatic heterocycles. The van der Waals surface area contributed by atoms with Crippen molar-refractivity contribution in [3.05, 3.63) is 41.7 Å². The van der Waals surface area contributed by atoms with Crippen LogP contribution in [0.3, 0.4) is 0 Å². The van der Waals surface area contributed by atoms with Crippen molar-refractivity contribution in [1.29, 1.82) is 0 Å². The van der Waals surface area contributed by atoms with Gasteiger partial charge in [0, 0.05) is 6.04 Å². The molecule has 0 spiro atoms. The first-order valence-corrected chi connectivity index (χ1v) is 14.1. The number of hydrogen-bond acceptors (Lipinski definition) is 5. The summed E-state index contributed by atoms with van der Waals surface area (Å²) in [7, 11) is 0. The molecule has 5 rings (SSSR count). The third-order valence-corrected chi connectivity index (χ3v) is 9.33. The van der Waals surface area contributed by atoms with Gasteiger partial charge in [0.2, 0.25) is 5.91 Å². The van der Waals surface area contributed by atoms with Gasteiger partial charge in [-0.1, -0.05) is 54.9 Å². The Morgan fingerprint density at radius 2 is 1.85 bits per heavy atom. The fourth-order valence-corrected chi connectivity index (χ4v) is 7.21. The van der Waals surface area contributed by atoms with E-state index in [-0.39, 0.29) is 17.2 Å². The van der Waals surface area contributed by atoms with Gasteiger partial charge in [-0.3, -0.25) is 9.69 Å². The summed E-state index contributed by atoms with van der Waals surface area (Å²) < 4.78 is 2.22. The molecule has 0 radical (unpaired) electrons. The summed E-state index contributed by atoms with van der Waals surface area (Å²) in [5.74, 6) is 3.48. The third-order valence-electron chi connectivity index (χ3n) is 8.25. The Morgan fingerprint density at radius 3 is 2.56 bits per heavy atom. The Bertz CT molecular complexity index is 957. The van der Waals surface area contributed by atoms with E-state index in [1.165, 1.54) is 62.3 Å². The van der Waals surface area contributed by atoms with E-state index in [1.807, 2.05) is 13.0 Å². The van der Waals surface area contributed by atoms with Crippen molar-refractivity contribution in [1.82, 2.24) is 25.0 Å². The first kappa shape index (κ1) is 23.9. The standard InChI is InChI=1S/C27H39N5OS/c1-19(24-16-22-11-12-23(24)15-22)28-26(33)20(2)34-27-30-29-25(18-31-13-7-4-8-14-31)32(27)17-21-9-5-3-6-10-21/h3,5-6,9-10,19-20,22-24H,4,7-8,11-18H2,1-2H3,(H,28,33)/t19-,20+,22-,23-,24+/m1/s1. The lowest BCUT2D eigenvalue weighted by Crippen LogP contribution is -2.43. The van der Waals surface area contributed by atoms with Crippen molar-refractivity contribution < 1.29 is 4.79 Å². The second-order valence-corrected chi connectivity index (χ2v) is 12.0. The smallest absolute Gasteiger partial charge is 0.233 e. The molecule has 1 aromatic carbocycles. The van der Waals surface area contributed by atoms with Crippen LogP contribution in [0, 0.1) is 17.8 Å². The molecule has 34 heavy (non-hydrogen) atoms. The number of benzene rings is 1. The van der Waals surface area contributed by atoms with Crippen molar-refractivity contribution in [2.75, 3.05) is 13.1 Å². The van der Waals surface area contributed by atoms with E-state index in [0.29, 0.717) is 5.92 Å². The maximum atomic E-state index is 13.1. The predicted molar refractivity (Wildman–Crippen MR) is 137 cm³/mol. The van der Waals surface area contributed by atoms with Crippen molar-refractivity contribution in [2.45, 2.75) is 88.3 Å². The van der Waals surface area contributed by atoms with E-state index in [9.17, 15) is 4.79 Å². The Hall–Kier alpha value is -1.86. The molecule has 184 valence electrons. The van der Waals surface area contributed by atoms with Gasteiger partial charge in [-0.15, -0.1) is 10.2 Å². The quantitative estimate of drug-likeness (QED) is 0.525. The molecule has 1 aromatic heterocycles. The van der Waals surface area contributed by atoms with Gasteiger partial charge in [-0.05, 0) is 82.4 Å². The summed E-state index contributed by atoms with van der Waals surface area (Å²) in [5.41, 5.74) is 1.23. The summed E-state index contributed by atoms with van der Waals surface area (Å²) in [4.78, 5) is 15.6. The fraction of sp³-hybridized carbons (Fsp3) is 0.667. The van der Waals surface area contributed by atoms with E-state index >= 15 is 0 Å². The number of piperidine rings is 1. The van der Waals surface area contributed by atoms with Crippen LogP contribution in [0.5, 0.6) is 0 Å². The molecule has 3 aliphatic rings. The summed E-state index contributed by atoms with van der Waals surface area (Å²) in [5, 5.41) is 13.1. The number of amides is 1. The minimum Gasteiger partial charge on any atom is -0.352 e. The minimum atomic E-state index is -0.206. The molecule has 0 unspecified atom stereocenters. The van der Waals surface area contributed by atoms with E-state index in [1.54, 1.807) is 0 Å². The predicted octanol–water partition coefficient (Wildman–Crippen LogP) is 4.73. The summed E-state index contributed by atoms with van der Waals surface area (Å²) in [6, 6.07) is 10.7. The van der Waals surface area contributed by atoms with Crippen LogP contribution in [0.1, 0.15) is 70.2 Å². The van der Waals surface area contributed by atoms with Gasteiger partial charge >= 0.3 is 0 Å². The van der Waals surface area contributed by atoms with Gasteiger partial charge in [0.05, 0.1) is 18.3 Å². The van der Waals surface area contributed by atoms with Crippen LogP contribution in [-0.2, 0) is 17.9 Å². The van der Waals surface area contributed by atoms with E-state index in [0.717, 1.165) is 49.0 Å². The van der Waals surface area contributed by atoms with E-state index in [2.05, 4.69) is 56.2 Å². The second-order valence-electron chi connectivity index (χ2n) is 10.7. The highest BCUT2D eigenvalue weighted by atomic mass is 32.2. The van der Waals surface area contributed by atoms with Crippen molar-refractivity contribution in [3.63, 3.8) is 0 Å². The van der Waals surface area contributed by atoms with Crippen LogP contribution in [0.4, 0.5) is 0 Å². The highest BCUT2D eigenvalue weighted by Gasteiger charge is 2.42. The lowest BCUT2D eigenvalue weighted by Gasteiger charge is -2.29. The molecule has 1 saturated heterocycles. The number of rotatable bonds is 9. The lowest BCUT2D eigenvalue weighted by atomic mass is 9.84. The topological polar surface area (TPSA) is 63.1 Å². The molecule has 6 nitrogen and oxygen atoms in total. The summed E-state index contributed by atoms with van der Waals surface area (Å²) in [6.07, 6.45) is 9.24. The van der Waals surface area contributed by atoms with E-state index in [4.69, 9.17) is 0 Å². The molecule has 3 fully saturated rings. The number of carbonyl (C=O) groups excluding carboxylic acids is 1. The van der Waals surface area contributed by atoms with Crippen LogP contribution in [-0.4, -0.2) is 50.0 Å². The van der Waals surface area contributed by atoms with Crippen molar-refractivity contribution in [2.24, 2.45) is 17.8 Å². The molecule has 2 saturated carbocycles. The SMILES string of the molecule is C[C@H](Sc1nnc(CN2CCCCC2)n1Cc1ccccc1)C(=O)N[C@H](C)[C@@H]1C[C@@H]2CC[C@@H]1C2. The number of aromatic nitrogens is 3. The molecule has 2 aliphatic carbocycles. The molecule has 2 bridgehead atoms. The maximum Gasteiger partial charge on any atom is 0.233 e. The van der Waals surface area contributed by atoms with Gasteiger partial charge in [-0.2, -0.15) is 0 Å². The molecule has 1 amide bonds. The molecule has 2 heterocycles. The highest BCUT2D eigenvalue weighted by Crippen LogP contribution is 2.49. The number of carbonyl (C=O) groups is 1. The largest absolute Gasteiger partial charge is 0.352 e. The van der Waals surface area contributed by atoms with Gasteiger partial charge in [0.15, 0.2) is 5.16 Å². The first-order chi connectivity index (χ1) is 16.6. The van der Waals surface area contributed by atoms with Crippen molar-refractivity contribution >= 4 is 17.7 Å². The number of likely N-dealkylation sites (tertiary alicyclic amines) is 1. The van der Waals surface area contributed by atoms with Crippen LogP contribution in [0.25, 0.3) is 0 Å². The summed E-state index contributed by atoms with van der Waals surface area (Å²) in [6.45, 7) is 8.01. The van der Waals surface area contributed by atoms with Crippen LogP contribution >= 0.6 is 11.8 Å². The normalized spacial score (nSPS) is 26.5. The van der Waals surface area contributed by atoms with Gasteiger partial charge in [0.25, 0.3) is 0 Å². The zero-order chi connectivity index (χ0) is 23.5. The Balaban J connectivity index is 1.26. The van der Waals surface area contributed by atoms with E-state index < -0.39 is 0 Å². The van der Waals surface area contributed by atoms with Crippen LogP contribution < -0.4 is 5.32 Å². The average molecular weight is 482 g/mol. The monoisotopic (exact) mass is 481 g/mol. The first-order valence-electron chi connectivity index (χ1n) is 13.2. The summed E-state index contributed by atoms with van der Waals surface area (Å²) >= 11 is 1.54. The Morgan fingerprint density at radius 1 is 1.06 bits per heavy atom. The molecule has 5 atom stereocenters. The molecular formula is C27H39N5OS. The average Bonchev–Trinajstić information content (AvgIpc) is 3.58. The van der Waals surface area contributed by atoms with Gasteiger partial charge in [0.1, 0.15) is 5.82 Å². The fourth-order valence-electron chi connectivity index (χ4n) is 6.33. The van der Waals surface area contributed by atoms with Gasteiger partial charge < -0.3 is 9.88 Å². The number of fused-ring (bicyclic) bond motifs is 2. The zero-order valence-electron chi connectivity index (χ0n) is 20.7. The highest BCUT2D eigenvalue weighted by molar-refractivity contribution is 8.00. The number of nitrogens with one attached hydrogen (secondary N) is 1. The van der Waals surface area contributed by atoms with Crippen molar-refractivity contribution in [3.8, 4) is 0 Å². The lowest BCUT2D eigenvalue weighted by molar-refractivity contribution is -0.121. The minimum absolute atomic E-state index is 0.118. The maximum absolute atomic E-state index is 13.1. The number of hydrogen-bond donors (Lipinski definition) is 1. The second kappa shape index (κ2) is 10.8. The molecular weight excluding hydrogens is 442 g/mol. The Labute approximate surface area is 208 Å². The Kier molecular flexibility index (Phi) is 7.59. The van der Waals surface area contributed by atoms with Gasteiger partial charge in [-0.25, -0.2) is 0 Å². The molecule has 1 N–H and O–H groups in total. The third kappa shape index (κ3) is 5.51. The number of nitrogens with zero attached hydrogens (tertiary/aromatic N) is 4. The zero-order valence-corrected chi connectivity index (χ0v) is 21.5. The van der Waals surface area contributed by atoms with Crippen LogP contribution in [0.2, 0.25) is 0 Å². The van der Waals surface area contributed by atoms with Crippen LogP contribution in [0.15, 0.2) is 35.5 Å². The number of thioether (sulfide) groups is 1.